The summed E-state index contributed by atoms with van der Waals surface area (Å²) in [6.07, 6.45) is -3.23. The molecule has 2 N–H and O–H groups in total. The lowest BCUT2D eigenvalue weighted by Crippen LogP contribution is -2.35. The maximum atomic E-state index is 13.4. The molecule has 0 radical (unpaired) electrons. The van der Waals surface area contributed by atoms with Gasteiger partial charge in [-0.15, -0.1) is 6.58 Å². The summed E-state index contributed by atoms with van der Waals surface area (Å²) in [5.74, 6) is -0.830. The molecule has 9 heteroatoms. The van der Waals surface area contributed by atoms with Crippen molar-refractivity contribution in [3.05, 3.63) is 59.0 Å². The molecule has 1 fully saturated rings. The fourth-order valence-corrected chi connectivity index (χ4v) is 4.64. The summed E-state index contributed by atoms with van der Waals surface area (Å²) in [5, 5.41) is 21.8. The van der Waals surface area contributed by atoms with Crippen LogP contribution in [0.3, 0.4) is 0 Å². The van der Waals surface area contributed by atoms with Gasteiger partial charge in [0.1, 0.15) is 5.60 Å². The van der Waals surface area contributed by atoms with Gasteiger partial charge in [0.25, 0.3) is 0 Å². The van der Waals surface area contributed by atoms with E-state index in [1.807, 2.05) is 0 Å². The predicted octanol–water partition coefficient (Wildman–Crippen LogP) is 4.89. The van der Waals surface area contributed by atoms with Crippen molar-refractivity contribution in [3.8, 4) is 17.4 Å². The molecule has 3 atom stereocenters. The Morgan fingerprint density at radius 3 is 2.60 bits per heavy atom. The monoisotopic (exact) mass is 420 g/mol. The summed E-state index contributed by atoms with van der Waals surface area (Å²) in [5.41, 5.74) is -3.30. The highest BCUT2D eigenvalue weighted by Crippen LogP contribution is 2.65. The van der Waals surface area contributed by atoms with Crippen LogP contribution in [0.2, 0.25) is 0 Å². The Morgan fingerprint density at radius 1 is 1.33 bits per heavy atom. The number of nitrogens with zero attached hydrogens (tertiary/aromatic N) is 2. The van der Waals surface area contributed by atoms with Crippen LogP contribution in [0.15, 0.2) is 30.9 Å². The van der Waals surface area contributed by atoms with E-state index in [1.54, 1.807) is 19.9 Å². The summed E-state index contributed by atoms with van der Waals surface area (Å²) in [6, 6.07) is 3.00. The van der Waals surface area contributed by atoms with Crippen LogP contribution < -0.4 is 0 Å². The summed E-state index contributed by atoms with van der Waals surface area (Å²) in [4.78, 5) is 2.91. The average Bonchev–Trinajstić information content (AvgIpc) is 3.19. The molecule has 30 heavy (non-hydrogen) atoms. The van der Waals surface area contributed by atoms with Crippen LogP contribution in [-0.2, 0) is 26.9 Å². The molecule has 6 nitrogen and oxygen atoms in total. The van der Waals surface area contributed by atoms with Crippen molar-refractivity contribution in [3.63, 3.8) is 0 Å². The first-order valence-corrected chi connectivity index (χ1v) is 9.17. The van der Waals surface area contributed by atoms with Crippen LogP contribution in [0.4, 0.5) is 18.9 Å². The van der Waals surface area contributed by atoms with Gasteiger partial charge in [0.05, 0.1) is 47.3 Å². The highest BCUT2D eigenvalue weighted by molar-refractivity contribution is 5.64. The molecule has 1 aromatic carbocycles. The molecule has 158 valence electrons. The van der Waals surface area contributed by atoms with Crippen LogP contribution in [0.5, 0.6) is 11.8 Å². The third kappa shape index (κ3) is 2.57. The Morgan fingerprint density at radius 2 is 2.00 bits per heavy atom. The number of rotatable bonds is 4. The zero-order valence-corrected chi connectivity index (χ0v) is 16.2. The molecule has 1 saturated heterocycles. The Labute approximate surface area is 170 Å². The van der Waals surface area contributed by atoms with E-state index in [0.717, 1.165) is 16.7 Å². The van der Waals surface area contributed by atoms with Gasteiger partial charge in [0.2, 0.25) is 11.8 Å². The highest BCUT2D eigenvalue weighted by Gasteiger charge is 2.65. The molecule has 0 saturated carbocycles. The molecule has 0 aliphatic carbocycles. The van der Waals surface area contributed by atoms with Gasteiger partial charge in [0.15, 0.2) is 5.69 Å². The van der Waals surface area contributed by atoms with E-state index in [4.69, 9.17) is 16.0 Å². The van der Waals surface area contributed by atoms with Crippen LogP contribution in [0.25, 0.3) is 10.5 Å². The molecule has 4 rings (SSSR count). The van der Waals surface area contributed by atoms with Crippen LogP contribution in [0, 0.1) is 6.57 Å². The molecule has 2 aliphatic rings. The Balaban J connectivity index is 1.90. The third-order valence-corrected chi connectivity index (χ3v) is 5.85. The van der Waals surface area contributed by atoms with Crippen molar-refractivity contribution in [1.29, 1.82) is 0 Å². The topological polar surface area (TPSA) is 68.2 Å². The Kier molecular flexibility index (Phi) is 4.24. The smallest absolute Gasteiger partial charge is 0.407 e. The quantitative estimate of drug-likeness (QED) is 0.546. The molecule has 1 aromatic heterocycles. The van der Waals surface area contributed by atoms with Crippen molar-refractivity contribution in [1.82, 2.24) is 4.57 Å². The van der Waals surface area contributed by atoms with Gasteiger partial charge in [-0.2, -0.15) is 13.2 Å². The van der Waals surface area contributed by atoms with Crippen LogP contribution in [0.1, 0.15) is 37.0 Å². The number of aromatic hydroxyl groups is 2. The number of fused-ring (bicyclic) bond motifs is 5. The van der Waals surface area contributed by atoms with Crippen molar-refractivity contribution in [2.24, 2.45) is 0 Å². The lowest BCUT2D eigenvalue weighted by Gasteiger charge is -2.29. The second kappa shape index (κ2) is 6.27. The minimum Gasteiger partial charge on any atom is -0.494 e. The predicted molar refractivity (Wildman–Crippen MR) is 101 cm³/mol. The van der Waals surface area contributed by atoms with Gasteiger partial charge < -0.3 is 19.7 Å². The van der Waals surface area contributed by atoms with E-state index < -0.39 is 46.5 Å². The van der Waals surface area contributed by atoms with E-state index in [0.29, 0.717) is 12.0 Å². The fraction of sp³-hybridized carbons (Fsp3) is 0.381. The first-order chi connectivity index (χ1) is 14.0. The molecular weight excluding hydrogens is 401 g/mol. The van der Waals surface area contributed by atoms with Crippen molar-refractivity contribution < 1.29 is 32.9 Å². The molecule has 0 amide bonds. The maximum absolute atomic E-state index is 13.4. The SMILES string of the molecule is [C-]#[N+]c1ccc(-n2c(O)c3c(c2O)C2(C)OC3(C)C[C@@H]2OCC=C)cc1C(F)(F)F. The number of alkyl halides is 3. The largest absolute Gasteiger partial charge is 0.494 e. The zero-order chi connectivity index (χ0) is 22.1. The van der Waals surface area contributed by atoms with Gasteiger partial charge in [-0.25, -0.2) is 4.85 Å². The first kappa shape index (κ1) is 20.3. The van der Waals surface area contributed by atoms with Gasteiger partial charge in [-0.1, -0.05) is 12.1 Å². The van der Waals surface area contributed by atoms with E-state index in [2.05, 4.69) is 11.4 Å². The van der Waals surface area contributed by atoms with Crippen LogP contribution in [-0.4, -0.2) is 27.5 Å². The Hall–Kier alpha value is -2.96. The Bertz CT molecular complexity index is 1100. The first-order valence-electron chi connectivity index (χ1n) is 9.17. The van der Waals surface area contributed by atoms with Gasteiger partial charge in [-0.3, -0.25) is 4.57 Å². The number of hydrogen-bond acceptors (Lipinski definition) is 4. The molecule has 0 spiro atoms. The molecular formula is C21H19F3N2O4. The van der Waals surface area contributed by atoms with E-state index in [-0.39, 0.29) is 17.9 Å². The van der Waals surface area contributed by atoms with Gasteiger partial charge >= 0.3 is 6.18 Å². The van der Waals surface area contributed by atoms with Crippen molar-refractivity contribution in [2.45, 2.75) is 43.8 Å². The minimum absolute atomic E-state index is 0.116. The van der Waals surface area contributed by atoms with Gasteiger partial charge in [0, 0.05) is 6.42 Å². The molecule has 2 aromatic rings. The number of ether oxygens (including phenoxy) is 2. The summed E-state index contributed by atoms with van der Waals surface area (Å²) in [7, 11) is 0. The normalized spacial score (nSPS) is 27.1. The van der Waals surface area contributed by atoms with Crippen LogP contribution >= 0.6 is 0 Å². The third-order valence-electron chi connectivity index (χ3n) is 5.85. The van der Waals surface area contributed by atoms with Gasteiger partial charge in [-0.05, 0) is 26.0 Å². The molecule has 3 heterocycles. The molecule has 2 aliphatic heterocycles. The van der Waals surface area contributed by atoms with E-state index in [9.17, 15) is 23.4 Å². The van der Waals surface area contributed by atoms with E-state index >= 15 is 0 Å². The van der Waals surface area contributed by atoms with E-state index in [1.165, 1.54) is 6.07 Å². The number of halogens is 3. The second-order valence-electron chi connectivity index (χ2n) is 7.80. The molecule has 2 bridgehead atoms. The maximum Gasteiger partial charge on any atom is 0.407 e. The number of benzene rings is 1. The number of aromatic nitrogens is 1. The zero-order valence-electron chi connectivity index (χ0n) is 16.2. The van der Waals surface area contributed by atoms with Crippen molar-refractivity contribution in [2.75, 3.05) is 6.61 Å². The number of hydrogen-bond donors (Lipinski definition) is 2. The minimum atomic E-state index is -4.76. The van der Waals surface area contributed by atoms with Crippen molar-refractivity contribution >= 4 is 5.69 Å². The summed E-state index contributed by atoms with van der Waals surface area (Å²) < 4.78 is 53.0. The lowest BCUT2D eigenvalue weighted by molar-refractivity contribution is -0.136. The summed E-state index contributed by atoms with van der Waals surface area (Å²) >= 11 is 0. The highest BCUT2D eigenvalue weighted by atomic mass is 19.4. The summed E-state index contributed by atoms with van der Waals surface area (Å²) in [6.45, 7) is 14.3. The second-order valence-corrected chi connectivity index (χ2v) is 7.80. The molecule has 2 unspecified atom stereocenters. The lowest BCUT2D eigenvalue weighted by atomic mass is 9.78. The standard InChI is InChI=1S/C21H19F3N2O4/c1-5-8-29-14-10-19(2)15-16(20(14,3)30-19)18(28)26(17(15)27)11-6-7-13(25-4)12(9-11)21(22,23)24/h5-7,9,14,27-28H,1,8,10H2,2-3H3/t14-,19?,20?/m0/s1. The fourth-order valence-electron chi connectivity index (χ4n) is 4.64. The average molecular weight is 420 g/mol.